The number of fused-ring (bicyclic) bond motifs is 2. The Kier molecular flexibility index (Phi) is 16.8. The van der Waals surface area contributed by atoms with E-state index < -0.39 is 44.0 Å². The molecule has 0 radical (unpaired) electrons. The predicted molar refractivity (Wildman–Crippen MR) is 173 cm³/mol. The van der Waals surface area contributed by atoms with Gasteiger partial charge < -0.3 is 76.9 Å². The number of thiophene rings is 2. The van der Waals surface area contributed by atoms with E-state index >= 15 is 0 Å². The molecule has 4 N–H and O–H groups in total. The Bertz CT molecular complexity index is 1920. The summed E-state index contributed by atoms with van der Waals surface area (Å²) < 4.78 is 10.7. The Morgan fingerprint density at radius 1 is 0.720 bits per heavy atom. The summed E-state index contributed by atoms with van der Waals surface area (Å²) in [6.07, 6.45) is 0. The minimum atomic E-state index is -1.28. The summed E-state index contributed by atoms with van der Waals surface area (Å²) in [4.78, 5) is 49.0. The number of nitro groups is 2. The van der Waals surface area contributed by atoms with Gasteiger partial charge in [-0.3, -0.25) is 29.8 Å². The number of nitrogens with zero attached hydrogens (tertiary/aromatic N) is 4. The number of ether oxygens (including phenoxy) is 2. The van der Waals surface area contributed by atoms with Crippen molar-refractivity contribution in [1.29, 1.82) is 0 Å². The molecule has 16 nitrogen and oxygen atoms in total. The fourth-order valence-corrected chi connectivity index (χ4v) is 7.88. The van der Waals surface area contributed by atoms with Gasteiger partial charge in [-0.1, -0.05) is 23.2 Å². The molecule has 2 aromatic carbocycles. The van der Waals surface area contributed by atoms with Crippen LogP contribution in [0.5, 0.6) is 23.0 Å². The number of hydrogen-bond donors (Lipinski definition) is 4. The second-order valence-corrected chi connectivity index (χ2v) is 12.6. The number of halogens is 5. The molecular weight excluding hydrogens is 829 g/mol. The largest absolute Gasteiger partial charge is 3.00 e. The van der Waals surface area contributed by atoms with Crippen LogP contribution < -0.4 is 37.2 Å². The van der Waals surface area contributed by atoms with Gasteiger partial charge in [0, 0.05) is 42.3 Å². The Labute approximate surface area is 328 Å². The molecule has 2 fully saturated rings. The third-order valence-electron chi connectivity index (χ3n) is 7.05. The van der Waals surface area contributed by atoms with Gasteiger partial charge in [0.05, 0.1) is 46.3 Å². The second kappa shape index (κ2) is 18.6. The zero-order valence-electron chi connectivity index (χ0n) is 24.9. The van der Waals surface area contributed by atoms with Gasteiger partial charge in [-0.15, -0.1) is 22.7 Å². The van der Waals surface area contributed by atoms with Crippen LogP contribution in [0.1, 0.15) is 19.3 Å². The van der Waals surface area contributed by atoms with E-state index in [0.717, 1.165) is 0 Å². The predicted octanol–water partition coefficient (Wildman–Crippen LogP) is -4.68. The minimum Gasteiger partial charge on any atom is -1.00 e. The van der Waals surface area contributed by atoms with Crippen LogP contribution in [-0.4, -0.2) is 122 Å². The molecule has 4 heterocycles. The molecule has 0 unspecified atom stereocenters. The van der Waals surface area contributed by atoms with Crippen molar-refractivity contribution in [2.24, 2.45) is 0 Å². The Balaban J connectivity index is 0.000000475. The molecule has 2 aliphatic heterocycles. The number of phenols is 4. The average Bonchev–Trinajstić information content (AvgIpc) is 3.53. The summed E-state index contributed by atoms with van der Waals surface area (Å²) >= 11 is 14.1. The first-order chi connectivity index (χ1) is 21.8. The number of hydrogen-bond acceptors (Lipinski definition) is 14. The zero-order valence-corrected chi connectivity index (χ0v) is 31.5. The number of rotatable bonds is 4. The summed E-state index contributed by atoms with van der Waals surface area (Å²) in [6, 6.07) is 2.79. The number of carbonyl (C=O) groups excluding carboxylic acids is 2. The first-order valence-electron chi connectivity index (χ1n) is 13.2. The molecule has 0 bridgehead atoms. The van der Waals surface area contributed by atoms with Crippen LogP contribution >= 0.6 is 45.9 Å². The van der Waals surface area contributed by atoms with E-state index in [4.69, 9.17) is 32.7 Å². The zero-order chi connectivity index (χ0) is 33.4. The van der Waals surface area contributed by atoms with Crippen molar-refractivity contribution in [1.82, 2.24) is 9.80 Å². The molecule has 4 aromatic rings. The quantitative estimate of drug-likeness (QED) is 0.0659. The summed E-state index contributed by atoms with van der Waals surface area (Å²) in [7, 11) is 0. The topological polar surface area (TPSA) is 226 Å². The molecule has 268 valence electrons. The summed E-state index contributed by atoms with van der Waals surface area (Å²) in [5, 5.41) is 61.3. The SMILES string of the molecule is O=C(c1sc2c([N+](=O)[O-])c(O)c(O)c([N+](=O)[O-])c2c1Cl)N1CCOCC1.O=C(c1sc2cc(O)c(O)cc2c1Cl)N1CCOCC1.[Al+3].[Cl-].[Cl-].[Cl-]. The maximum Gasteiger partial charge on any atom is 3.00 e. The molecule has 0 aliphatic carbocycles. The van der Waals surface area contributed by atoms with Gasteiger partial charge in [0.2, 0.25) is 11.5 Å². The maximum atomic E-state index is 12.7. The summed E-state index contributed by atoms with van der Waals surface area (Å²) in [6.45, 7) is 3.27. The minimum absolute atomic E-state index is 0. The number of amides is 2. The van der Waals surface area contributed by atoms with Crippen molar-refractivity contribution in [3.8, 4) is 23.0 Å². The van der Waals surface area contributed by atoms with Crippen LogP contribution in [-0.2, 0) is 9.47 Å². The molecule has 2 aliphatic rings. The molecule has 2 aromatic heterocycles. The molecule has 0 saturated carbocycles. The molecule has 6 rings (SSSR count). The maximum absolute atomic E-state index is 12.7. The van der Waals surface area contributed by atoms with Gasteiger partial charge in [-0.2, -0.15) is 0 Å². The molecule has 0 spiro atoms. The Hall–Kier alpha value is -2.80. The summed E-state index contributed by atoms with van der Waals surface area (Å²) in [5.74, 6) is -3.71. The van der Waals surface area contributed by atoms with Gasteiger partial charge in [0.15, 0.2) is 11.5 Å². The third kappa shape index (κ3) is 8.62. The molecule has 50 heavy (non-hydrogen) atoms. The molecule has 0 atom stereocenters. The Morgan fingerprint density at radius 3 is 1.60 bits per heavy atom. The fraction of sp³-hybridized carbons (Fsp3) is 0.308. The van der Waals surface area contributed by atoms with E-state index in [2.05, 4.69) is 0 Å². The number of aromatic hydroxyl groups is 4. The van der Waals surface area contributed by atoms with Crippen LogP contribution in [0.4, 0.5) is 11.4 Å². The normalized spacial score (nSPS) is 13.9. The van der Waals surface area contributed by atoms with Crippen molar-refractivity contribution in [3.63, 3.8) is 0 Å². The first-order valence-corrected chi connectivity index (χ1v) is 15.6. The average molecular weight is 851 g/mol. The van der Waals surface area contributed by atoms with Crippen molar-refractivity contribution in [2.75, 3.05) is 52.6 Å². The molecule has 24 heteroatoms. The smallest absolute Gasteiger partial charge is 1.00 e. The van der Waals surface area contributed by atoms with Gasteiger partial charge in [-0.25, -0.2) is 0 Å². The monoisotopic (exact) mass is 848 g/mol. The van der Waals surface area contributed by atoms with Crippen molar-refractivity contribution in [2.45, 2.75) is 0 Å². The number of benzene rings is 2. The third-order valence-corrected chi connectivity index (χ3v) is 10.4. The summed E-state index contributed by atoms with van der Waals surface area (Å²) in [5.41, 5.74) is -1.94. The number of phenolic OH excluding ortho intramolecular Hbond substituents is 4. The van der Waals surface area contributed by atoms with Crippen molar-refractivity contribution >= 4 is 107 Å². The van der Waals surface area contributed by atoms with Crippen molar-refractivity contribution in [3.05, 3.63) is 52.2 Å². The molecule has 2 saturated heterocycles. The molecule has 2 amide bonds. The molecular formula is C26H22AlCl5N4O12S2. The van der Waals surface area contributed by atoms with Gasteiger partial charge in [-0.05, 0) is 6.07 Å². The number of carbonyl (C=O) groups is 2. The van der Waals surface area contributed by atoms with E-state index in [9.17, 15) is 50.2 Å². The Morgan fingerprint density at radius 2 is 1.14 bits per heavy atom. The van der Waals surface area contributed by atoms with E-state index in [1.54, 1.807) is 4.90 Å². The standard InChI is InChI=1S/C13H10ClN3O8S.C13H12ClNO4S.Al.3ClH/c14-6-5-7(16(21)22)9(18)10(19)8(17(23)24)11(5)26-12(6)13(20)15-1-3-25-4-2-15;14-11-7-5-8(16)9(17)6-10(7)20-12(11)13(18)15-1-3-19-4-2-15;;;;/h18-19H,1-4H2;5-6,16-17H,1-4H2;;3*1H/q;;+3;;;/p-3. The van der Waals surface area contributed by atoms with E-state index in [1.807, 2.05) is 0 Å². The first kappa shape index (κ1) is 45.2. The van der Waals surface area contributed by atoms with Crippen molar-refractivity contribution < 1.29 is 86.6 Å². The van der Waals surface area contributed by atoms with Gasteiger partial charge in [0.25, 0.3) is 11.8 Å². The van der Waals surface area contributed by atoms with E-state index in [-0.39, 0.29) is 99.7 Å². The number of morpholine rings is 2. The van der Waals surface area contributed by atoms with Gasteiger partial charge >= 0.3 is 28.7 Å². The second-order valence-electron chi connectivity index (χ2n) is 9.75. The number of nitro benzene ring substituents is 2. The fourth-order valence-electron chi connectivity index (χ4n) is 4.77. The van der Waals surface area contributed by atoms with Gasteiger partial charge in [0.1, 0.15) is 19.8 Å². The van der Waals surface area contributed by atoms with Crippen LogP contribution in [0.3, 0.4) is 0 Å². The van der Waals surface area contributed by atoms with Crippen LogP contribution in [0, 0.1) is 20.2 Å². The van der Waals surface area contributed by atoms with E-state index in [0.29, 0.717) is 70.8 Å². The van der Waals surface area contributed by atoms with Crippen LogP contribution in [0.25, 0.3) is 20.2 Å². The van der Waals surface area contributed by atoms with E-state index in [1.165, 1.54) is 28.4 Å². The van der Waals surface area contributed by atoms with Crippen LogP contribution in [0.15, 0.2) is 12.1 Å². The van der Waals surface area contributed by atoms with Crippen LogP contribution in [0.2, 0.25) is 10.0 Å².